The summed E-state index contributed by atoms with van der Waals surface area (Å²) in [6.07, 6.45) is 1.75. The molecule has 3 aromatic rings. The summed E-state index contributed by atoms with van der Waals surface area (Å²) in [6.45, 7) is 3.01. The van der Waals surface area contributed by atoms with Crippen molar-refractivity contribution in [2.75, 3.05) is 36.9 Å². The summed E-state index contributed by atoms with van der Waals surface area (Å²) in [4.78, 5) is 11.1. The number of nitriles is 1. The van der Waals surface area contributed by atoms with Crippen LogP contribution in [0.15, 0.2) is 42.6 Å². The van der Waals surface area contributed by atoms with Gasteiger partial charge in [0.25, 0.3) is 0 Å². The first-order valence-electron chi connectivity index (χ1n) is 9.02. The van der Waals surface area contributed by atoms with E-state index < -0.39 is 0 Å². The Balaban J connectivity index is 1.76. The monoisotopic (exact) mass is 425 g/mol. The first kappa shape index (κ1) is 19.5. The Labute approximate surface area is 178 Å². The highest BCUT2D eigenvalue weighted by molar-refractivity contribution is 6.35. The Hall–Kier alpha value is -2.85. The number of benzene rings is 1. The second kappa shape index (κ2) is 8.26. The number of nitrogens with zero attached hydrogens (tertiary/aromatic N) is 4. The van der Waals surface area contributed by atoms with Crippen LogP contribution >= 0.6 is 23.2 Å². The summed E-state index contributed by atoms with van der Waals surface area (Å²) in [5.74, 6) is 1.02. The van der Waals surface area contributed by atoms with Crippen molar-refractivity contribution in [3.8, 4) is 28.5 Å². The first-order chi connectivity index (χ1) is 14.1. The van der Waals surface area contributed by atoms with Crippen LogP contribution in [0.4, 0.5) is 11.6 Å². The molecule has 0 unspecified atom stereocenters. The lowest BCUT2D eigenvalue weighted by molar-refractivity contribution is 0.122. The van der Waals surface area contributed by atoms with Crippen molar-refractivity contribution in [1.82, 2.24) is 9.97 Å². The molecule has 1 fully saturated rings. The van der Waals surface area contributed by atoms with Gasteiger partial charge in [0.15, 0.2) is 0 Å². The molecule has 2 N–H and O–H groups in total. The highest BCUT2D eigenvalue weighted by Crippen LogP contribution is 2.36. The number of nitrogen functional groups attached to an aromatic ring is 1. The molecule has 146 valence electrons. The van der Waals surface area contributed by atoms with Crippen molar-refractivity contribution >= 4 is 34.8 Å². The Bertz CT molecular complexity index is 1090. The zero-order chi connectivity index (χ0) is 20.4. The minimum Gasteiger partial charge on any atom is -0.383 e. The molecule has 0 saturated carbocycles. The summed E-state index contributed by atoms with van der Waals surface area (Å²) in [7, 11) is 0. The van der Waals surface area contributed by atoms with Crippen LogP contribution in [0.3, 0.4) is 0 Å². The molecule has 1 saturated heterocycles. The van der Waals surface area contributed by atoms with Crippen molar-refractivity contribution in [2.45, 2.75) is 0 Å². The van der Waals surface area contributed by atoms with Gasteiger partial charge in [0.05, 0.1) is 18.9 Å². The zero-order valence-electron chi connectivity index (χ0n) is 15.4. The molecule has 3 heterocycles. The van der Waals surface area contributed by atoms with E-state index >= 15 is 0 Å². The molecule has 0 aliphatic carbocycles. The second-order valence-corrected chi connectivity index (χ2v) is 7.40. The number of anilines is 2. The van der Waals surface area contributed by atoms with Crippen LogP contribution in [-0.4, -0.2) is 36.3 Å². The van der Waals surface area contributed by atoms with Crippen molar-refractivity contribution < 1.29 is 4.74 Å². The van der Waals surface area contributed by atoms with Crippen LogP contribution in [0.25, 0.3) is 22.4 Å². The molecule has 0 spiro atoms. The maximum Gasteiger partial charge on any atom is 0.142 e. The average Bonchev–Trinajstić information content (AvgIpc) is 2.75. The Morgan fingerprint density at radius 1 is 1.07 bits per heavy atom. The summed E-state index contributed by atoms with van der Waals surface area (Å²) < 4.78 is 5.38. The lowest BCUT2D eigenvalue weighted by atomic mass is 9.99. The van der Waals surface area contributed by atoms with Crippen LogP contribution in [0, 0.1) is 11.3 Å². The van der Waals surface area contributed by atoms with Gasteiger partial charge in [-0.3, -0.25) is 0 Å². The Morgan fingerprint density at radius 3 is 2.55 bits per heavy atom. The number of hydrogen-bond acceptors (Lipinski definition) is 6. The van der Waals surface area contributed by atoms with Crippen LogP contribution < -0.4 is 10.6 Å². The molecule has 0 amide bonds. The van der Waals surface area contributed by atoms with Gasteiger partial charge in [-0.05, 0) is 36.4 Å². The molecule has 0 atom stereocenters. The van der Waals surface area contributed by atoms with E-state index in [0.29, 0.717) is 40.1 Å². The van der Waals surface area contributed by atoms with Gasteiger partial charge in [0.1, 0.15) is 23.3 Å². The number of halogens is 2. The number of ether oxygens (including phenoxy) is 1. The predicted octanol–water partition coefficient (Wildman–Crippen LogP) is 4.41. The number of pyridine rings is 2. The zero-order valence-corrected chi connectivity index (χ0v) is 16.9. The fourth-order valence-electron chi connectivity index (χ4n) is 3.26. The molecule has 0 bridgehead atoms. The molecule has 4 rings (SSSR count). The van der Waals surface area contributed by atoms with E-state index in [-0.39, 0.29) is 11.4 Å². The van der Waals surface area contributed by atoms with Crippen LogP contribution in [0.2, 0.25) is 10.0 Å². The van der Waals surface area contributed by atoms with E-state index in [0.717, 1.165) is 24.5 Å². The Kier molecular flexibility index (Phi) is 5.54. The lowest BCUT2D eigenvalue weighted by Crippen LogP contribution is -2.36. The molecule has 1 aromatic carbocycles. The molecular formula is C21H17Cl2N5O. The molecular weight excluding hydrogens is 409 g/mol. The summed E-state index contributed by atoms with van der Waals surface area (Å²) in [6, 6.07) is 12.9. The molecule has 1 aliphatic heterocycles. The SMILES string of the molecule is N#Cc1c(-c2cc(Cl)ccc2Cl)cc(-c2ccc(N3CCOCC3)nc2)nc1N. The van der Waals surface area contributed by atoms with Crippen LogP contribution in [0.5, 0.6) is 0 Å². The van der Waals surface area contributed by atoms with E-state index in [2.05, 4.69) is 20.9 Å². The number of aromatic nitrogens is 2. The quantitative estimate of drug-likeness (QED) is 0.668. The average molecular weight is 426 g/mol. The molecule has 8 heteroatoms. The van der Waals surface area contributed by atoms with Gasteiger partial charge in [-0.15, -0.1) is 0 Å². The molecule has 0 radical (unpaired) electrons. The normalized spacial score (nSPS) is 13.9. The summed E-state index contributed by atoms with van der Waals surface area (Å²) >= 11 is 12.5. The van der Waals surface area contributed by atoms with E-state index in [1.165, 1.54) is 0 Å². The van der Waals surface area contributed by atoms with Crippen molar-refractivity contribution in [2.24, 2.45) is 0 Å². The van der Waals surface area contributed by atoms with Gasteiger partial charge < -0.3 is 15.4 Å². The van der Waals surface area contributed by atoms with Gasteiger partial charge in [-0.1, -0.05) is 23.2 Å². The van der Waals surface area contributed by atoms with Crippen molar-refractivity contribution in [1.29, 1.82) is 5.26 Å². The standard InChI is InChI=1S/C21H17Cl2N5O/c22-14-2-3-18(23)16(9-14)15-10-19(27-21(25)17(15)11-24)13-1-4-20(26-12-13)28-5-7-29-8-6-28/h1-4,9-10,12H,5-8H2,(H2,25,27). The van der Waals surface area contributed by atoms with Gasteiger partial charge in [0.2, 0.25) is 0 Å². The summed E-state index contributed by atoms with van der Waals surface area (Å²) in [5, 5.41) is 10.6. The number of nitrogens with two attached hydrogens (primary N) is 1. The van der Waals surface area contributed by atoms with Gasteiger partial charge >= 0.3 is 0 Å². The van der Waals surface area contributed by atoms with E-state index in [1.807, 2.05) is 12.1 Å². The summed E-state index contributed by atoms with van der Waals surface area (Å²) in [5.41, 5.74) is 8.96. The number of morpholine rings is 1. The Morgan fingerprint density at radius 2 is 1.86 bits per heavy atom. The minimum atomic E-state index is 0.133. The van der Waals surface area contributed by atoms with E-state index in [1.54, 1.807) is 30.5 Å². The van der Waals surface area contributed by atoms with E-state index in [4.69, 9.17) is 33.7 Å². The number of rotatable bonds is 3. The highest BCUT2D eigenvalue weighted by atomic mass is 35.5. The topological polar surface area (TPSA) is 88.1 Å². The largest absolute Gasteiger partial charge is 0.383 e. The maximum absolute atomic E-state index is 9.59. The van der Waals surface area contributed by atoms with Crippen LogP contribution in [-0.2, 0) is 4.74 Å². The van der Waals surface area contributed by atoms with Crippen molar-refractivity contribution in [3.05, 3.63) is 58.2 Å². The predicted molar refractivity (Wildman–Crippen MR) is 115 cm³/mol. The third kappa shape index (κ3) is 3.99. The second-order valence-electron chi connectivity index (χ2n) is 6.56. The van der Waals surface area contributed by atoms with Crippen LogP contribution in [0.1, 0.15) is 5.56 Å². The molecule has 1 aliphatic rings. The molecule has 6 nitrogen and oxygen atoms in total. The maximum atomic E-state index is 9.59. The van der Waals surface area contributed by atoms with Gasteiger partial charge in [-0.2, -0.15) is 5.26 Å². The fourth-order valence-corrected chi connectivity index (χ4v) is 3.66. The third-order valence-corrected chi connectivity index (χ3v) is 5.32. The smallest absolute Gasteiger partial charge is 0.142 e. The highest BCUT2D eigenvalue weighted by Gasteiger charge is 2.17. The third-order valence-electron chi connectivity index (χ3n) is 4.76. The minimum absolute atomic E-state index is 0.133. The first-order valence-corrected chi connectivity index (χ1v) is 9.77. The lowest BCUT2D eigenvalue weighted by Gasteiger charge is -2.27. The van der Waals surface area contributed by atoms with Gasteiger partial charge in [-0.25, -0.2) is 9.97 Å². The molecule has 2 aromatic heterocycles. The van der Waals surface area contributed by atoms with Gasteiger partial charge in [0, 0.05) is 46.0 Å². The van der Waals surface area contributed by atoms with Crippen molar-refractivity contribution in [3.63, 3.8) is 0 Å². The molecule has 29 heavy (non-hydrogen) atoms. The fraction of sp³-hybridized carbons (Fsp3) is 0.190. The number of hydrogen-bond donors (Lipinski definition) is 1. The van der Waals surface area contributed by atoms with E-state index in [9.17, 15) is 5.26 Å².